The minimum Gasteiger partial charge on any atom is -0.456 e. The van der Waals surface area contributed by atoms with Crippen LogP contribution in [-0.4, -0.2) is 17.2 Å². The highest BCUT2D eigenvalue weighted by atomic mass is 16.4. The van der Waals surface area contributed by atoms with Crippen LogP contribution in [0.2, 0.25) is 0 Å². The summed E-state index contributed by atoms with van der Waals surface area (Å²) in [6.07, 6.45) is 6.31. The van der Waals surface area contributed by atoms with Crippen molar-refractivity contribution in [1.82, 2.24) is 0 Å². The van der Waals surface area contributed by atoms with E-state index in [1.165, 1.54) is 37.7 Å². The number of hydrogen-bond acceptors (Lipinski definition) is 3. The second-order valence-electron chi connectivity index (χ2n) is 6.26. The summed E-state index contributed by atoms with van der Waals surface area (Å²) in [5, 5.41) is 21.1. The van der Waals surface area contributed by atoms with Crippen LogP contribution >= 0.6 is 0 Å². The van der Waals surface area contributed by atoms with Gasteiger partial charge in [-0.2, -0.15) is 0 Å². The fourth-order valence-corrected chi connectivity index (χ4v) is 3.80. The van der Waals surface area contributed by atoms with Gasteiger partial charge in [-0.3, -0.25) is 0 Å². The molecule has 0 unspecified atom stereocenters. The fourth-order valence-electron chi connectivity index (χ4n) is 3.80. The molecule has 0 amide bonds. The monoisotopic (exact) mass is 294 g/mol. The number of hydrogen-bond donors (Lipinski definition) is 2. The highest BCUT2D eigenvalue weighted by Gasteiger charge is 2.23. The summed E-state index contributed by atoms with van der Waals surface area (Å²) in [6, 6.07) is 11.8. The van der Waals surface area contributed by atoms with Crippen molar-refractivity contribution < 1.29 is 14.5 Å². The predicted molar refractivity (Wildman–Crippen MR) is 89.4 cm³/mol. The Morgan fingerprint density at radius 1 is 0.864 bits per heavy atom. The normalized spacial score (nSPS) is 16.5. The number of fused-ring (bicyclic) bond motifs is 3. The molecular weight excluding hydrogens is 275 g/mol. The van der Waals surface area contributed by atoms with E-state index in [9.17, 15) is 10.0 Å². The first-order valence-corrected chi connectivity index (χ1v) is 8.06. The van der Waals surface area contributed by atoms with Crippen molar-refractivity contribution in [3.63, 3.8) is 0 Å². The van der Waals surface area contributed by atoms with Gasteiger partial charge in [0.25, 0.3) is 0 Å². The van der Waals surface area contributed by atoms with Gasteiger partial charge < -0.3 is 14.5 Å². The third kappa shape index (κ3) is 2.14. The van der Waals surface area contributed by atoms with Gasteiger partial charge in [-0.15, -0.1) is 0 Å². The van der Waals surface area contributed by atoms with E-state index in [0.29, 0.717) is 17.0 Å². The van der Waals surface area contributed by atoms with Gasteiger partial charge in [0, 0.05) is 16.2 Å². The summed E-state index contributed by atoms with van der Waals surface area (Å²) < 4.78 is 6.11. The average molecular weight is 294 g/mol. The molecule has 22 heavy (non-hydrogen) atoms. The van der Waals surface area contributed by atoms with Crippen molar-refractivity contribution in [2.75, 3.05) is 0 Å². The summed E-state index contributed by atoms with van der Waals surface area (Å²) in [7, 11) is -1.51. The lowest BCUT2D eigenvalue weighted by atomic mass is 9.79. The SMILES string of the molecule is OB(O)c1cccc2c1oc1c(C3CCCCC3)cccc12. The molecule has 1 aliphatic rings. The molecule has 1 aliphatic carbocycles. The zero-order valence-corrected chi connectivity index (χ0v) is 12.5. The van der Waals surface area contributed by atoms with Crippen LogP contribution in [0.25, 0.3) is 21.9 Å². The predicted octanol–water partition coefficient (Wildman–Crippen LogP) is 3.31. The second-order valence-corrected chi connectivity index (χ2v) is 6.26. The van der Waals surface area contributed by atoms with E-state index in [1.54, 1.807) is 6.07 Å². The largest absolute Gasteiger partial charge is 0.492 e. The number of rotatable bonds is 2. The molecule has 1 heterocycles. The van der Waals surface area contributed by atoms with Crippen molar-refractivity contribution in [1.29, 1.82) is 0 Å². The second kappa shape index (κ2) is 5.45. The quantitative estimate of drug-likeness (QED) is 0.713. The summed E-state index contributed by atoms with van der Waals surface area (Å²) in [5.74, 6) is 0.556. The van der Waals surface area contributed by atoms with Crippen molar-refractivity contribution in [2.45, 2.75) is 38.0 Å². The van der Waals surface area contributed by atoms with Crippen LogP contribution < -0.4 is 5.46 Å². The zero-order chi connectivity index (χ0) is 15.1. The summed E-state index contributed by atoms with van der Waals surface area (Å²) in [5.41, 5.74) is 3.21. The van der Waals surface area contributed by atoms with Crippen LogP contribution in [0.15, 0.2) is 40.8 Å². The fraction of sp³-hybridized carbons (Fsp3) is 0.333. The Morgan fingerprint density at radius 2 is 1.55 bits per heavy atom. The number of benzene rings is 2. The Bertz CT molecular complexity index is 816. The minimum atomic E-state index is -1.51. The van der Waals surface area contributed by atoms with Crippen molar-refractivity contribution in [3.05, 3.63) is 42.0 Å². The molecule has 0 bridgehead atoms. The molecule has 2 N–H and O–H groups in total. The Morgan fingerprint density at radius 3 is 2.27 bits per heavy atom. The van der Waals surface area contributed by atoms with Crippen LogP contribution in [-0.2, 0) is 0 Å². The standard InChI is InChI=1S/C18H19BO3/c20-19(21)16-11-5-10-15-14-9-4-8-13(17(14)22-18(15)16)12-6-2-1-3-7-12/h4-5,8-12,20-21H,1-3,6-7H2. The van der Waals surface area contributed by atoms with Gasteiger partial charge in [-0.25, -0.2) is 0 Å². The first kappa shape index (κ1) is 13.9. The first-order chi connectivity index (χ1) is 10.8. The number of furan rings is 1. The van der Waals surface area contributed by atoms with E-state index in [-0.39, 0.29) is 0 Å². The van der Waals surface area contributed by atoms with Crippen molar-refractivity contribution >= 4 is 34.5 Å². The molecule has 1 saturated carbocycles. The van der Waals surface area contributed by atoms with E-state index in [1.807, 2.05) is 12.1 Å². The van der Waals surface area contributed by atoms with Gasteiger partial charge in [0.1, 0.15) is 11.2 Å². The maximum Gasteiger partial charge on any atom is 0.492 e. The molecule has 4 rings (SSSR count). The molecular formula is C18H19BO3. The average Bonchev–Trinajstić information content (AvgIpc) is 2.94. The molecule has 1 fully saturated rings. The van der Waals surface area contributed by atoms with E-state index in [0.717, 1.165) is 16.4 Å². The zero-order valence-electron chi connectivity index (χ0n) is 12.5. The van der Waals surface area contributed by atoms with E-state index in [2.05, 4.69) is 18.2 Å². The van der Waals surface area contributed by atoms with Crippen LogP contribution in [0.5, 0.6) is 0 Å². The minimum absolute atomic E-state index is 0.434. The van der Waals surface area contributed by atoms with Crippen LogP contribution in [0, 0.1) is 0 Å². The summed E-state index contributed by atoms with van der Waals surface area (Å²) in [4.78, 5) is 0. The first-order valence-electron chi connectivity index (χ1n) is 8.06. The molecule has 0 atom stereocenters. The molecule has 0 saturated heterocycles. The lowest BCUT2D eigenvalue weighted by Crippen LogP contribution is -2.29. The number of para-hydroxylation sites is 2. The van der Waals surface area contributed by atoms with Crippen LogP contribution in [0.1, 0.15) is 43.6 Å². The molecule has 2 aromatic carbocycles. The molecule has 0 radical (unpaired) electrons. The summed E-state index contributed by atoms with van der Waals surface area (Å²) >= 11 is 0. The Hall–Kier alpha value is -1.78. The van der Waals surface area contributed by atoms with Crippen molar-refractivity contribution in [3.8, 4) is 0 Å². The van der Waals surface area contributed by atoms with Gasteiger partial charge in [0.15, 0.2) is 0 Å². The topological polar surface area (TPSA) is 53.6 Å². The highest BCUT2D eigenvalue weighted by Crippen LogP contribution is 2.39. The molecule has 0 spiro atoms. The van der Waals surface area contributed by atoms with Gasteiger partial charge in [0.05, 0.1) is 0 Å². The third-order valence-electron chi connectivity index (χ3n) is 4.91. The molecule has 112 valence electrons. The summed E-state index contributed by atoms with van der Waals surface area (Å²) in [6.45, 7) is 0. The highest BCUT2D eigenvalue weighted by molar-refractivity contribution is 6.61. The third-order valence-corrected chi connectivity index (χ3v) is 4.91. The van der Waals surface area contributed by atoms with Crippen LogP contribution in [0.4, 0.5) is 0 Å². The lowest BCUT2D eigenvalue weighted by Gasteiger charge is -2.21. The maximum absolute atomic E-state index is 9.56. The molecule has 0 aliphatic heterocycles. The van der Waals surface area contributed by atoms with E-state index >= 15 is 0 Å². The Balaban J connectivity index is 1.96. The maximum atomic E-state index is 9.56. The lowest BCUT2D eigenvalue weighted by molar-refractivity contribution is 0.425. The van der Waals surface area contributed by atoms with Gasteiger partial charge in [-0.05, 0) is 24.3 Å². The molecule has 4 heteroatoms. The van der Waals surface area contributed by atoms with E-state index < -0.39 is 7.12 Å². The van der Waals surface area contributed by atoms with Gasteiger partial charge in [0.2, 0.25) is 0 Å². The van der Waals surface area contributed by atoms with Crippen LogP contribution in [0.3, 0.4) is 0 Å². The van der Waals surface area contributed by atoms with Crippen molar-refractivity contribution in [2.24, 2.45) is 0 Å². The van der Waals surface area contributed by atoms with E-state index in [4.69, 9.17) is 4.42 Å². The Labute approximate surface area is 129 Å². The molecule has 1 aromatic heterocycles. The van der Waals surface area contributed by atoms with Gasteiger partial charge >= 0.3 is 7.12 Å². The van der Waals surface area contributed by atoms with Gasteiger partial charge in [-0.1, -0.05) is 55.7 Å². The molecule has 3 aromatic rings. The smallest absolute Gasteiger partial charge is 0.456 e. The Kier molecular flexibility index (Phi) is 3.43. The molecule has 3 nitrogen and oxygen atoms in total.